The number of rotatable bonds is 6. The summed E-state index contributed by atoms with van der Waals surface area (Å²) in [6.45, 7) is 0.159. The van der Waals surface area contributed by atoms with Crippen LogP contribution in [-0.2, 0) is 6.54 Å². The number of H-pyrrole nitrogens is 1. The Hall–Kier alpha value is -2.35. The van der Waals surface area contributed by atoms with Crippen LogP contribution in [0.25, 0.3) is 10.9 Å². The van der Waals surface area contributed by atoms with Gasteiger partial charge < -0.3 is 15.4 Å². The Balaban J connectivity index is 1.88. The first-order valence-corrected chi connectivity index (χ1v) is 9.47. The molecule has 0 aliphatic carbocycles. The lowest BCUT2D eigenvalue weighted by Crippen LogP contribution is -2.28. The molecule has 1 amide bonds. The molecule has 140 valence electrons. The quantitative estimate of drug-likeness (QED) is 0.548. The van der Waals surface area contributed by atoms with Gasteiger partial charge in [0.15, 0.2) is 0 Å². The van der Waals surface area contributed by atoms with Gasteiger partial charge in [-0.2, -0.15) is 0 Å². The molecule has 0 spiro atoms. The molecule has 0 fully saturated rings. The average molecular weight is 407 g/mol. The van der Waals surface area contributed by atoms with Crippen molar-refractivity contribution in [3.8, 4) is 0 Å². The summed E-state index contributed by atoms with van der Waals surface area (Å²) < 4.78 is 13.9. The summed E-state index contributed by atoms with van der Waals surface area (Å²) in [5.41, 5.74) is 0.621. The summed E-state index contributed by atoms with van der Waals surface area (Å²) in [6, 6.07) is 9.35. The fourth-order valence-electron chi connectivity index (χ4n) is 2.58. The summed E-state index contributed by atoms with van der Waals surface area (Å²) in [7, 11) is 0. The zero-order valence-corrected chi connectivity index (χ0v) is 15.7. The number of hydrogen-bond acceptors (Lipinski definition) is 4. The normalized spacial score (nSPS) is 10.9. The summed E-state index contributed by atoms with van der Waals surface area (Å²) in [5.74, 6) is -0.765. The van der Waals surface area contributed by atoms with E-state index in [4.69, 9.17) is 16.7 Å². The van der Waals surface area contributed by atoms with Crippen LogP contribution < -0.4 is 10.7 Å². The molecule has 3 N–H and O–H groups in total. The summed E-state index contributed by atoms with van der Waals surface area (Å²) >= 11 is 7.05. The number of carbonyl (C=O) groups is 1. The lowest BCUT2D eigenvalue weighted by Gasteiger charge is -2.09. The number of aromatic nitrogens is 1. The third kappa shape index (κ3) is 4.50. The predicted octanol–water partition coefficient (Wildman–Crippen LogP) is 3.34. The van der Waals surface area contributed by atoms with Gasteiger partial charge in [-0.1, -0.05) is 23.7 Å². The molecule has 0 saturated heterocycles. The van der Waals surface area contributed by atoms with Crippen LogP contribution in [0.5, 0.6) is 0 Å². The van der Waals surface area contributed by atoms with Gasteiger partial charge in [0, 0.05) is 28.4 Å². The van der Waals surface area contributed by atoms with Crippen LogP contribution in [0, 0.1) is 5.82 Å². The second-order valence-corrected chi connectivity index (χ2v) is 7.31. The standard InChI is InChI=1S/C19H16ClFN2O3S/c20-12-3-1-11(2-4-12)9-23-19(26)15-10-22-17-14(18(15)25)7-13(21)8-16(17)27-6-5-24/h1-4,7-8,10,24H,5-6,9H2,(H,22,25)(H,23,26). The van der Waals surface area contributed by atoms with Gasteiger partial charge in [0.1, 0.15) is 11.4 Å². The van der Waals surface area contributed by atoms with Crippen LogP contribution in [-0.4, -0.2) is 28.4 Å². The van der Waals surface area contributed by atoms with E-state index in [0.717, 1.165) is 11.6 Å². The van der Waals surface area contributed by atoms with E-state index < -0.39 is 17.2 Å². The molecule has 0 radical (unpaired) electrons. The lowest BCUT2D eigenvalue weighted by atomic mass is 10.1. The van der Waals surface area contributed by atoms with Gasteiger partial charge in [0.2, 0.25) is 5.43 Å². The van der Waals surface area contributed by atoms with Gasteiger partial charge >= 0.3 is 0 Å². The molecule has 0 unspecified atom stereocenters. The maximum atomic E-state index is 13.9. The largest absolute Gasteiger partial charge is 0.396 e. The highest BCUT2D eigenvalue weighted by Gasteiger charge is 2.16. The predicted molar refractivity (Wildman–Crippen MR) is 105 cm³/mol. The van der Waals surface area contributed by atoms with E-state index in [1.165, 1.54) is 24.0 Å². The average Bonchev–Trinajstić information content (AvgIpc) is 2.66. The molecule has 0 aliphatic heterocycles. The number of carbonyl (C=O) groups excluding carboxylic acids is 1. The Bertz CT molecular complexity index is 1040. The molecule has 0 saturated carbocycles. The van der Waals surface area contributed by atoms with E-state index in [0.29, 0.717) is 21.2 Å². The van der Waals surface area contributed by atoms with Gasteiger partial charge in [-0.3, -0.25) is 9.59 Å². The zero-order valence-electron chi connectivity index (χ0n) is 14.1. The summed E-state index contributed by atoms with van der Waals surface area (Å²) in [4.78, 5) is 28.5. The van der Waals surface area contributed by atoms with Gasteiger partial charge in [0.25, 0.3) is 5.91 Å². The number of amides is 1. The third-order valence-corrected chi connectivity index (χ3v) is 5.15. The molecule has 3 aromatic rings. The molecule has 2 aromatic carbocycles. The molecule has 27 heavy (non-hydrogen) atoms. The minimum absolute atomic E-state index is 0.0713. The number of benzene rings is 2. The van der Waals surface area contributed by atoms with Crippen molar-refractivity contribution in [1.82, 2.24) is 10.3 Å². The number of aliphatic hydroxyl groups excluding tert-OH is 1. The minimum atomic E-state index is -0.577. The maximum absolute atomic E-state index is 13.9. The van der Waals surface area contributed by atoms with Gasteiger partial charge in [-0.05, 0) is 29.8 Å². The van der Waals surface area contributed by atoms with Crippen molar-refractivity contribution in [2.24, 2.45) is 0 Å². The van der Waals surface area contributed by atoms with Gasteiger partial charge in [-0.25, -0.2) is 4.39 Å². The molecule has 8 heteroatoms. The maximum Gasteiger partial charge on any atom is 0.257 e. The van der Waals surface area contributed by atoms with Crippen LogP contribution in [0.3, 0.4) is 0 Å². The highest BCUT2D eigenvalue weighted by atomic mass is 35.5. The SMILES string of the molecule is O=C(NCc1ccc(Cl)cc1)c1c[nH]c2c(SCCO)cc(F)cc2c1=O. The molecule has 0 atom stereocenters. The molecule has 3 rings (SSSR count). The first-order valence-electron chi connectivity index (χ1n) is 8.11. The monoisotopic (exact) mass is 406 g/mol. The summed E-state index contributed by atoms with van der Waals surface area (Å²) in [5, 5.41) is 12.3. The molecule has 1 aromatic heterocycles. The van der Waals surface area contributed by atoms with Crippen LogP contribution in [0.2, 0.25) is 5.02 Å². The van der Waals surface area contributed by atoms with E-state index in [1.807, 2.05) is 0 Å². The number of thioether (sulfide) groups is 1. The molecule has 0 bridgehead atoms. The third-order valence-electron chi connectivity index (χ3n) is 3.88. The number of fused-ring (bicyclic) bond motifs is 1. The van der Waals surface area contributed by atoms with Crippen LogP contribution in [0.15, 0.2) is 52.3 Å². The number of halogens is 2. The highest BCUT2D eigenvalue weighted by molar-refractivity contribution is 7.99. The first-order chi connectivity index (χ1) is 13.0. The number of hydrogen-bond donors (Lipinski definition) is 3. The van der Waals surface area contributed by atoms with Gasteiger partial charge in [0.05, 0.1) is 17.5 Å². The fraction of sp³-hybridized carbons (Fsp3) is 0.158. The second kappa shape index (κ2) is 8.56. The van der Waals surface area contributed by atoms with Crippen molar-refractivity contribution in [3.63, 3.8) is 0 Å². The Kier molecular flexibility index (Phi) is 6.15. The first kappa shape index (κ1) is 19.4. The van der Waals surface area contributed by atoms with Crippen molar-refractivity contribution in [3.05, 3.63) is 74.8 Å². The molecule has 1 heterocycles. The zero-order chi connectivity index (χ0) is 19.4. The highest BCUT2D eigenvalue weighted by Crippen LogP contribution is 2.26. The molecule has 5 nitrogen and oxygen atoms in total. The molecular weight excluding hydrogens is 391 g/mol. The number of aromatic amines is 1. The second-order valence-electron chi connectivity index (χ2n) is 5.74. The van der Waals surface area contributed by atoms with Gasteiger partial charge in [-0.15, -0.1) is 11.8 Å². The van der Waals surface area contributed by atoms with E-state index in [9.17, 15) is 14.0 Å². The van der Waals surface area contributed by atoms with Crippen molar-refractivity contribution in [1.29, 1.82) is 0 Å². The smallest absolute Gasteiger partial charge is 0.257 e. The van der Waals surface area contributed by atoms with Crippen molar-refractivity contribution in [2.75, 3.05) is 12.4 Å². The fourth-order valence-corrected chi connectivity index (χ4v) is 3.53. The Morgan fingerprint density at radius 2 is 2.00 bits per heavy atom. The lowest BCUT2D eigenvalue weighted by molar-refractivity contribution is 0.0949. The van der Waals surface area contributed by atoms with Crippen LogP contribution in [0.1, 0.15) is 15.9 Å². The number of pyridine rings is 1. The Morgan fingerprint density at radius 3 is 2.70 bits per heavy atom. The van der Waals surface area contributed by atoms with Crippen LogP contribution >= 0.6 is 23.4 Å². The van der Waals surface area contributed by atoms with Crippen molar-refractivity contribution >= 4 is 40.2 Å². The van der Waals surface area contributed by atoms with E-state index in [1.54, 1.807) is 24.3 Å². The topological polar surface area (TPSA) is 82.2 Å². The van der Waals surface area contributed by atoms with Crippen molar-refractivity contribution < 1.29 is 14.3 Å². The van der Waals surface area contributed by atoms with E-state index in [-0.39, 0.29) is 24.1 Å². The summed E-state index contributed by atoms with van der Waals surface area (Å²) in [6.07, 6.45) is 1.32. The number of aliphatic hydroxyl groups is 1. The molecular formula is C19H16ClFN2O3S. The van der Waals surface area contributed by atoms with Crippen LogP contribution in [0.4, 0.5) is 4.39 Å². The van der Waals surface area contributed by atoms with E-state index in [2.05, 4.69) is 10.3 Å². The Morgan fingerprint density at radius 1 is 1.26 bits per heavy atom. The Labute approximate surface area is 163 Å². The molecule has 0 aliphatic rings. The minimum Gasteiger partial charge on any atom is -0.396 e. The van der Waals surface area contributed by atoms with E-state index >= 15 is 0 Å². The van der Waals surface area contributed by atoms with Crippen molar-refractivity contribution in [2.45, 2.75) is 11.4 Å². The number of nitrogens with one attached hydrogen (secondary N) is 2.